The van der Waals surface area contributed by atoms with E-state index in [0.717, 1.165) is 71.7 Å². The van der Waals surface area contributed by atoms with Crippen molar-refractivity contribution in [2.24, 2.45) is 0 Å². The maximum atomic E-state index is 6.25. The first-order valence-corrected chi connectivity index (χ1v) is 13.2. The molecule has 0 unspecified atom stereocenters. The minimum Gasteiger partial charge on any atom is -0.412 e. The summed E-state index contributed by atoms with van der Waals surface area (Å²) in [5, 5.41) is 7.73. The van der Waals surface area contributed by atoms with E-state index in [0.29, 0.717) is 6.73 Å². The number of ether oxygens (including phenoxy) is 2. The number of hydrogen-bond donors (Lipinski definition) is 0. The van der Waals surface area contributed by atoms with Crippen molar-refractivity contribution in [3.63, 3.8) is 0 Å². The van der Waals surface area contributed by atoms with Crippen LogP contribution in [0.15, 0.2) is 72.8 Å². The van der Waals surface area contributed by atoms with Gasteiger partial charge in [-0.1, -0.05) is 68.1 Å². The van der Waals surface area contributed by atoms with Gasteiger partial charge in [0, 0.05) is 39.4 Å². The van der Waals surface area contributed by atoms with Crippen LogP contribution in [0.2, 0.25) is 0 Å². The fourth-order valence-corrected chi connectivity index (χ4v) is 5.73. The highest BCUT2D eigenvalue weighted by Crippen LogP contribution is 2.38. The lowest BCUT2D eigenvalue weighted by Gasteiger charge is -2.56. The number of hydrazine groups is 1. The predicted octanol–water partition coefficient (Wildman–Crippen LogP) is 5.51. The summed E-state index contributed by atoms with van der Waals surface area (Å²) in [6.07, 6.45) is 4.39. The van der Waals surface area contributed by atoms with Gasteiger partial charge in [-0.05, 0) is 61.1 Å². The monoisotopic (exact) mass is 507 g/mol. The molecule has 0 aromatic heterocycles. The van der Waals surface area contributed by atoms with Crippen LogP contribution in [-0.2, 0) is 16.0 Å². The molecule has 2 aliphatic heterocycles. The molecule has 3 aromatic rings. The van der Waals surface area contributed by atoms with Crippen molar-refractivity contribution in [1.29, 1.82) is 0 Å². The summed E-state index contributed by atoms with van der Waals surface area (Å²) in [4.78, 5) is 2.62. The Morgan fingerprint density at radius 1 is 0.892 bits per heavy atom. The summed E-state index contributed by atoms with van der Waals surface area (Å²) >= 11 is 0. The topological polar surface area (TPSA) is 59.7 Å². The van der Waals surface area contributed by atoms with Crippen LogP contribution in [0.4, 0.5) is 5.69 Å². The van der Waals surface area contributed by atoms with Crippen molar-refractivity contribution in [2.45, 2.75) is 52.1 Å². The summed E-state index contributed by atoms with van der Waals surface area (Å²) in [5.74, 6) is 0. The molecule has 2 fully saturated rings. The maximum Gasteiger partial charge on any atom is 0.116 e. The average molecular weight is 508 g/mol. The smallest absolute Gasteiger partial charge is 0.116 e. The molecule has 1 spiro atoms. The van der Waals surface area contributed by atoms with E-state index in [2.05, 4.69) is 94.6 Å². The first kappa shape index (κ1) is 29.1. The SMILES string of the molecule is C.CCOCCCCN1COCC2(CCN(Cc3cccc4ccccc34)CC2)N1c1ccccc1.O. The highest BCUT2D eigenvalue weighted by molar-refractivity contribution is 5.85. The minimum atomic E-state index is 0. The lowest BCUT2D eigenvalue weighted by Crippen LogP contribution is -2.67. The molecule has 202 valence electrons. The number of hydrogen-bond acceptors (Lipinski definition) is 5. The molecular formula is C31H45N3O3. The van der Waals surface area contributed by atoms with Gasteiger partial charge in [0.1, 0.15) is 6.73 Å². The lowest BCUT2D eigenvalue weighted by molar-refractivity contribution is -0.0900. The summed E-state index contributed by atoms with van der Waals surface area (Å²) in [7, 11) is 0. The van der Waals surface area contributed by atoms with Crippen molar-refractivity contribution >= 4 is 16.5 Å². The van der Waals surface area contributed by atoms with Gasteiger partial charge in [-0.3, -0.25) is 9.91 Å². The second kappa shape index (κ2) is 13.9. The van der Waals surface area contributed by atoms with E-state index in [1.54, 1.807) is 0 Å². The summed E-state index contributed by atoms with van der Waals surface area (Å²) < 4.78 is 11.8. The Hall–Kier alpha value is -2.48. The third-order valence-electron chi connectivity index (χ3n) is 7.56. The van der Waals surface area contributed by atoms with Crippen LogP contribution in [-0.4, -0.2) is 67.1 Å². The van der Waals surface area contributed by atoms with Crippen molar-refractivity contribution in [3.05, 3.63) is 78.4 Å². The van der Waals surface area contributed by atoms with Crippen molar-refractivity contribution in [3.8, 4) is 0 Å². The second-order valence-corrected chi connectivity index (χ2v) is 9.90. The molecule has 0 radical (unpaired) electrons. The number of unbranched alkanes of at least 4 members (excludes halogenated alkanes) is 1. The molecular weight excluding hydrogens is 462 g/mol. The van der Waals surface area contributed by atoms with Crippen molar-refractivity contribution < 1.29 is 14.9 Å². The molecule has 6 nitrogen and oxygen atoms in total. The number of nitrogens with zero attached hydrogens (tertiary/aromatic N) is 3. The standard InChI is InChI=1S/C30H39N3O2.CH4.H2O/c1-2-34-22-9-8-19-32-25-35-24-30(33(32)28-14-4-3-5-15-28)17-20-31(21-18-30)23-27-13-10-12-26-11-6-7-16-29(26)27;;/h3-7,10-16H,2,8-9,17-25H2,1H3;1H4;1H2. The molecule has 0 amide bonds. The van der Waals surface area contributed by atoms with Gasteiger partial charge < -0.3 is 14.9 Å². The van der Waals surface area contributed by atoms with Gasteiger partial charge in [-0.25, -0.2) is 0 Å². The van der Waals surface area contributed by atoms with Crippen LogP contribution < -0.4 is 5.01 Å². The fraction of sp³-hybridized carbons (Fsp3) is 0.484. The van der Waals surface area contributed by atoms with E-state index in [1.807, 2.05) is 0 Å². The second-order valence-electron chi connectivity index (χ2n) is 9.90. The van der Waals surface area contributed by atoms with Crippen LogP contribution in [0.5, 0.6) is 0 Å². The number of benzene rings is 3. The molecule has 0 atom stereocenters. The Bertz CT molecular complexity index is 1060. The van der Waals surface area contributed by atoms with E-state index in [-0.39, 0.29) is 18.4 Å². The average Bonchev–Trinajstić information content (AvgIpc) is 2.91. The normalized spacial score (nSPS) is 17.9. The minimum absolute atomic E-state index is 0. The van der Waals surface area contributed by atoms with Crippen LogP contribution in [0.25, 0.3) is 10.8 Å². The maximum absolute atomic E-state index is 6.25. The van der Waals surface area contributed by atoms with Crippen LogP contribution in [0.3, 0.4) is 0 Å². The highest BCUT2D eigenvalue weighted by Gasteiger charge is 2.45. The number of fused-ring (bicyclic) bond motifs is 1. The zero-order valence-corrected chi connectivity index (χ0v) is 21.6. The third kappa shape index (κ3) is 6.70. The molecule has 37 heavy (non-hydrogen) atoms. The first-order valence-electron chi connectivity index (χ1n) is 13.2. The Morgan fingerprint density at radius 3 is 2.41 bits per heavy atom. The predicted molar refractivity (Wildman–Crippen MR) is 154 cm³/mol. The molecule has 3 aromatic carbocycles. The van der Waals surface area contributed by atoms with E-state index in [9.17, 15) is 0 Å². The van der Waals surface area contributed by atoms with E-state index < -0.39 is 0 Å². The van der Waals surface area contributed by atoms with Gasteiger partial charge in [0.2, 0.25) is 0 Å². The lowest BCUT2D eigenvalue weighted by atomic mass is 9.86. The molecule has 2 heterocycles. The Balaban J connectivity index is 0.00000190. The summed E-state index contributed by atoms with van der Waals surface area (Å²) in [6.45, 7) is 9.29. The van der Waals surface area contributed by atoms with Gasteiger partial charge >= 0.3 is 0 Å². The number of anilines is 1. The van der Waals surface area contributed by atoms with Crippen molar-refractivity contribution in [1.82, 2.24) is 9.91 Å². The Morgan fingerprint density at radius 2 is 1.62 bits per heavy atom. The van der Waals surface area contributed by atoms with Crippen LogP contribution in [0.1, 0.15) is 45.6 Å². The molecule has 6 heteroatoms. The number of piperidine rings is 1. The molecule has 2 aliphatic rings. The zero-order chi connectivity index (χ0) is 23.9. The van der Waals surface area contributed by atoms with E-state index in [1.165, 1.54) is 22.0 Å². The van der Waals surface area contributed by atoms with Gasteiger partial charge in [0.05, 0.1) is 17.8 Å². The van der Waals surface area contributed by atoms with E-state index in [4.69, 9.17) is 9.47 Å². The van der Waals surface area contributed by atoms with Crippen molar-refractivity contribution in [2.75, 3.05) is 51.2 Å². The molecule has 5 rings (SSSR count). The van der Waals surface area contributed by atoms with Crippen LogP contribution in [0, 0.1) is 0 Å². The van der Waals surface area contributed by atoms with Gasteiger partial charge in [0.15, 0.2) is 0 Å². The molecule has 0 bridgehead atoms. The quantitative estimate of drug-likeness (QED) is 0.357. The molecule has 0 aliphatic carbocycles. The van der Waals surface area contributed by atoms with Gasteiger partial charge in [-0.2, -0.15) is 5.01 Å². The first-order chi connectivity index (χ1) is 17.3. The molecule has 0 saturated carbocycles. The summed E-state index contributed by atoms with van der Waals surface area (Å²) in [6, 6.07) is 26.4. The molecule has 2 saturated heterocycles. The number of para-hydroxylation sites is 1. The summed E-state index contributed by atoms with van der Waals surface area (Å²) in [5.41, 5.74) is 2.72. The van der Waals surface area contributed by atoms with Crippen LogP contribution >= 0.6 is 0 Å². The fourth-order valence-electron chi connectivity index (χ4n) is 5.73. The zero-order valence-electron chi connectivity index (χ0n) is 21.6. The highest BCUT2D eigenvalue weighted by atomic mass is 16.5. The van der Waals surface area contributed by atoms with Gasteiger partial charge in [0.25, 0.3) is 0 Å². The number of likely N-dealkylation sites (tertiary alicyclic amines) is 1. The van der Waals surface area contributed by atoms with E-state index >= 15 is 0 Å². The Labute approximate surface area is 223 Å². The Kier molecular flexibility index (Phi) is 10.9. The largest absolute Gasteiger partial charge is 0.412 e. The third-order valence-corrected chi connectivity index (χ3v) is 7.56. The molecule has 2 N–H and O–H groups in total. The van der Waals surface area contributed by atoms with Gasteiger partial charge in [-0.15, -0.1) is 0 Å². The number of rotatable bonds is 9.